The number of hydrogen-bond donors (Lipinski definition) is 1. The molecule has 2 aliphatic rings. The van der Waals surface area contributed by atoms with Gasteiger partial charge in [0.1, 0.15) is 11.8 Å². The number of nitrogens with one attached hydrogen (secondary N) is 1. The van der Waals surface area contributed by atoms with E-state index in [0.717, 1.165) is 24.2 Å². The second kappa shape index (κ2) is 5.78. The normalized spacial score (nSPS) is 26.3. The van der Waals surface area contributed by atoms with Gasteiger partial charge in [-0.3, -0.25) is 9.59 Å². The Morgan fingerprint density at radius 1 is 1.50 bits per heavy atom. The van der Waals surface area contributed by atoms with Gasteiger partial charge in [0, 0.05) is 24.4 Å². The van der Waals surface area contributed by atoms with Gasteiger partial charge in [-0.25, -0.2) is 0 Å². The zero-order chi connectivity index (χ0) is 15.9. The van der Waals surface area contributed by atoms with E-state index in [2.05, 4.69) is 19.2 Å². The van der Waals surface area contributed by atoms with Gasteiger partial charge in [-0.1, -0.05) is 20.3 Å². The van der Waals surface area contributed by atoms with Gasteiger partial charge in [0.15, 0.2) is 0 Å². The SMILES string of the molecule is CC[C@H](C)[C@@H](C)NC(=O)[C@@H]1Cc2occc2[C@H]2CCC(=O)N21. The molecule has 0 spiro atoms. The molecule has 5 heteroatoms. The number of fused-ring (bicyclic) bond motifs is 3. The van der Waals surface area contributed by atoms with Crippen LogP contribution in [0.5, 0.6) is 0 Å². The minimum Gasteiger partial charge on any atom is -0.469 e. The van der Waals surface area contributed by atoms with Gasteiger partial charge in [-0.05, 0) is 25.3 Å². The molecule has 3 heterocycles. The Labute approximate surface area is 131 Å². The molecule has 22 heavy (non-hydrogen) atoms. The van der Waals surface area contributed by atoms with Crippen molar-refractivity contribution in [1.82, 2.24) is 10.2 Å². The molecule has 0 saturated carbocycles. The van der Waals surface area contributed by atoms with Gasteiger partial charge in [-0.2, -0.15) is 0 Å². The molecule has 5 nitrogen and oxygen atoms in total. The molecule has 0 aliphatic carbocycles. The van der Waals surface area contributed by atoms with Crippen molar-refractivity contribution in [1.29, 1.82) is 0 Å². The Morgan fingerprint density at radius 2 is 2.27 bits per heavy atom. The van der Waals surface area contributed by atoms with Crippen LogP contribution in [0.15, 0.2) is 16.7 Å². The highest BCUT2D eigenvalue weighted by molar-refractivity contribution is 5.90. The Balaban J connectivity index is 1.81. The van der Waals surface area contributed by atoms with Crippen molar-refractivity contribution in [2.45, 2.75) is 64.6 Å². The third-order valence-corrected chi connectivity index (χ3v) is 5.28. The van der Waals surface area contributed by atoms with Gasteiger partial charge >= 0.3 is 0 Å². The van der Waals surface area contributed by atoms with Crippen LogP contribution >= 0.6 is 0 Å². The highest BCUT2D eigenvalue weighted by atomic mass is 16.3. The standard InChI is InChI=1S/C17H24N2O3/c1-4-10(2)11(3)18-17(21)14-9-15-12(7-8-22-15)13-5-6-16(20)19(13)14/h7-8,10-11,13-14H,4-6,9H2,1-3H3,(H,18,21)/t10-,11+,13+,14-/m0/s1. The molecular weight excluding hydrogens is 280 g/mol. The highest BCUT2D eigenvalue weighted by Gasteiger charge is 2.45. The molecule has 0 radical (unpaired) electrons. The minimum atomic E-state index is -0.440. The fourth-order valence-electron chi connectivity index (χ4n) is 3.52. The molecule has 4 atom stereocenters. The third kappa shape index (κ3) is 2.42. The summed E-state index contributed by atoms with van der Waals surface area (Å²) in [7, 11) is 0. The quantitative estimate of drug-likeness (QED) is 0.929. The van der Waals surface area contributed by atoms with Crippen LogP contribution in [0, 0.1) is 5.92 Å². The zero-order valence-electron chi connectivity index (χ0n) is 13.5. The zero-order valence-corrected chi connectivity index (χ0v) is 13.5. The van der Waals surface area contributed by atoms with Crippen molar-refractivity contribution < 1.29 is 14.0 Å². The molecule has 1 N–H and O–H groups in total. The average molecular weight is 304 g/mol. The van der Waals surface area contributed by atoms with Gasteiger partial charge in [0.05, 0.1) is 12.3 Å². The molecule has 1 aromatic heterocycles. The van der Waals surface area contributed by atoms with E-state index in [4.69, 9.17) is 4.42 Å². The van der Waals surface area contributed by atoms with Gasteiger partial charge in [0.25, 0.3) is 0 Å². The first kappa shape index (κ1) is 15.1. The van der Waals surface area contributed by atoms with E-state index in [1.165, 1.54) is 0 Å². The number of furan rings is 1. The van der Waals surface area contributed by atoms with Crippen LogP contribution in [0.3, 0.4) is 0 Å². The molecule has 1 fully saturated rings. The van der Waals surface area contributed by atoms with E-state index in [1.54, 1.807) is 11.2 Å². The van der Waals surface area contributed by atoms with Crippen molar-refractivity contribution in [2.24, 2.45) is 5.92 Å². The first-order valence-electron chi connectivity index (χ1n) is 8.20. The lowest BCUT2D eigenvalue weighted by Crippen LogP contribution is -2.54. The Kier molecular flexibility index (Phi) is 3.98. The van der Waals surface area contributed by atoms with Crippen LogP contribution < -0.4 is 5.32 Å². The molecule has 2 amide bonds. The number of carbonyl (C=O) groups excluding carboxylic acids is 2. The summed E-state index contributed by atoms with van der Waals surface area (Å²) in [5.41, 5.74) is 1.07. The third-order valence-electron chi connectivity index (χ3n) is 5.28. The largest absolute Gasteiger partial charge is 0.469 e. The summed E-state index contributed by atoms with van der Waals surface area (Å²) >= 11 is 0. The van der Waals surface area contributed by atoms with Crippen LogP contribution in [-0.2, 0) is 16.0 Å². The van der Waals surface area contributed by atoms with Crippen LogP contribution in [0.25, 0.3) is 0 Å². The van der Waals surface area contributed by atoms with E-state index in [9.17, 15) is 9.59 Å². The Bertz CT molecular complexity index is 580. The second-order valence-corrected chi connectivity index (χ2v) is 6.56. The fraction of sp³-hybridized carbons (Fsp3) is 0.647. The molecule has 0 aromatic carbocycles. The lowest BCUT2D eigenvalue weighted by molar-refractivity contribution is -0.140. The number of hydrogen-bond acceptors (Lipinski definition) is 3. The van der Waals surface area contributed by atoms with Crippen LogP contribution in [-0.4, -0.2) is 28.8 Å². The first-order valence-corrected chi connectivity index (χ1v) is 8.20. The van der Waals surface area contributed by atoms with E-state index in [-0.39, 0.29) is 23.9 Å². The number of carbonyl (C=O) groups is 2. The van der Waals surface area contributed by atoms with Gasteiger partial charge in [0.2, 0.25) is 11.8 Å². The second-order valence-electron chi connectivity index (χ2n) is 6.56. The van der Waals surface area contributed by atoms with Crippen molar-refractivity contribution >= 4 is 11.8 Å². The molecule has 2 aliphatic heterocycles. The van der Waals surface area contributed by atoms with Crippen LogP contribution in [0.1, 0.15) is 57.4 Å². The van der Waals surface area contributed by atoms with Gasteiger partial charge < -0.3 is 14.6 Å². The summed E-state index contributed by atoms with van der Waals surface area (Å²) in [4.78, 5) is 26.7. The van der Waals surface area contributed by atoms with E-state index >= 15 is 0 Å². The summed E-state index contributed by atoms with van der Waals surface area (Å²) in [5.74, 6) is 1.28. The smallest absolute Gasteiger partial charge is 0.243 e. The fourth-order valence-corrected chi connectivity index (χ4v) is 3.52. The van der Waals surface area contributed by atoms with Crippen LogP contribution in [0.4, 0.5) is 0 Å². The van der Waals surface area contributed by atoms with E-state index in [0.29, 0.717) is 18.8 Å². The van der Waals surface area contributed by atoms with Crippen molar-refractivity contribution in [3.8, 4) is 0 Å². The highest BCUT2D eigenvalue weighted by Crippen LogP contribution is 2.41. The minimum absolute atomic E-state index is 0.00431. The summed E-state index contributed by atoms with van der Waals surface area (Å²) in [5, 5.41) is 3.08. The molecule has 3 rings (SSSR count). The summed E-state index contributed by atoms with van der Waals surface area (Å²) in [6.45, 7) is 6.26. The van der Waals surface area contributed by atoms with E-state index in [1.807, 2.05) is 13.0 Å². The maximum absolute atomic E-state index is 12.7. The molecule has 1 aromatic rings. The summed E-state index contributed by atoms with van der Waals surface area (Å²) < 4.78 is 5.54. The topological polar surface area (TPSA) is 62.6 Å². The summed E-state index contributed by atoms with van der Waals surface area (Å²) in [6.07, 6.45) is 4.44. The predicted octanol–water partition coefficient (Wildman–Crippen LogP) is 2.42. The van der Waals surface area contributed by atoms with Crippen molar-refractivity contribution in [3.63, 3.8) is 0 Å². The van der Waals surface area contributed by atoms with Crippen molar-refractivity contribution in [3.05, 3.63) is 23.7 Å². The average Bonchev–Trinajstić information content (AvgIpc) is 3.11. The number of amides is 2. The maximum Gasteiger partial charge on any atom is 0.243 e. The predicted molar refractivity (Wildman–Crippen MR) is 82.1 cm³/mol. The maximum atomic E-state index is 12.7. The summed E-state index contributed by atoms with van der Waals surface area (Å²) in [6, 6.07) is 1.60. The molecule has 1 saturated heterocycles. The Hall–Kier alpha value is -1.78. The van der Waals surface area contributed by atoms with Crippen LogP contribution in [0.2, 0.25) is 0 Å². The molecule has 0 unspecified atom stereocenters. The van der Waals surface area contributed by atoms with Gasteiger partial charge in [-0.15, -0.1) is 0 Å². The monoisotopic (exact) mass is 304 g/mol. The molecule has 120 valence electrons. The lowest BCUT2D eigenvalue weighted by Gasteiger charge is -2.37. The van der Waals surface area contributed by atoms with E-state index < -0.39 is 6.04 Å². The first-order chi connectivity index (χ1) is 10.5. The molecular formula is C17H24N2O3. The van der Waals surface area contributed by atoms with Crippen molar-refractivity contribution in [2.75, 3.05) is 0 Å². The molecule has 0 bridgehead atoms. The number of nitrogens with zero attached hydrogens (tertiary/aromatic N) is 1. The number of rotatable bonds is 4. The lowest BCUT2D eigenvalue weighted by atomic mass is 9.93. The Morgan fingerprint density at radius 3 is 3.00 bits per heavy atom.